The fourth-order valence-electron chi connectivity index (χ4n) is 2.05. The molecule has 1 aliphatic rings. The van der Waals surface area contributed by atoms with E-state index in [1.165, 1.54) is 0 Å². The van der Waals surface area contributed by atoms with E-state index in [4.69, 9.17) is 9.47 Å². The van der Waals surface area contributed by atoms with Gasteiger partial charge < -0.3 is 19.9 Å². The van der Waals surface area contributed by atoms with Crippen LogP contribution >= 0.6 is 0 Å². The molecule has 0 bridgehead atoms. The number of carbonyl (C=O) groups is 1. The van der Waals surface area contributed by atoms with E-state index < -0.39 is 11.7 Å². The van der Waals surface area contributed by atoms with E-state index >= 15 is 0 Å². The summed E-state index contributed by atoms with van der Waals surface area (Å²) in [5.41, 5.74) is 0.604. The highest BCUT2D eigenvalue weighted by atomic mass is 16.6. The maximum atomic E-state index is 11.7. The Kier molecular flexibility index (Phi) is 4.69. The summed E-state index contributed by atoms with van der Waals surface area (Å²) in [5, 5.41) is 15.8. The van der Waals surface area contributed by atoms with Crippen LogP contribution in [-0.2, 0) is 9.47 Å². The molecular weight excluding hydrogens is 272 g/mol. The van der Waals surface area contributed by atoms with Gasteiger partial charge in [0.05, 0.1) is 18.4 Å². The average Bonchev–Trinajstić information content (AvgIpc) is 2.40. The van der Waals surface area contributed by atoms with Gasteiger partial charge in [-0.3, -0.25) is 5.32 Å². The van der Waals surface area contributed by atoms with Gasteiger partial charge >= 0.3 is 6.09 Å². The molecule has 1 saturated heterocycles. The summed E-state index contributed by atoms with van der Waals surface area (Å²) in [6.45, 7) is 7.53. The first-order valence-electron chi connectivity index (χ1n) is 7.00. The van der Waals surface area contributed by atoms with Gasteiger partial charge in [0.25, 0.3) is 0 Å². The van der Waals surface area contributed by atoms with Gasteiger partial charge in [0, 0.05) is 13.1 Å². The lowest BCUT2D eigenvalue weighted by molar-refractivity contribution is 0.0276. The maximum absolute atomic E-state index is 11.7. The van der Waals surface area contributed by atoms with Crippen molar-refractivity contribution < 1.29 is 19.4 Å². The summed E-state index contributed by atoms with van der Waals surface area (Å²) in [5.74, 6) is -0.00691. The van der Waals surface area contributed by atoms with E-state index in [0.717, 1.165) is 12.1 Å². The van der Waals surface area contributed by atoms with Crippen molar-refractivity contribution in [1.82, 2.24) is 5.32 Å². The number of carbonyl (C=O) groups excluding carboxylic acids is 1. The topological polar surface area (TPSA) is 79.8 Å². The second-order valence-corrected chi connectivity index (χ2v) is 5.97. The van der Waals surface area contributed by atoms with Crippen molar-refractivity contribution in [3.8, 4) is 5.75 Å². The van der Waals surface area contributed by atoms with Crippen molar-refractivity contribution in [3.63, 3.8) is 0 Å². The monoisotopic (exact) mass is 294 g/mol. The van der Waals surface area contributed by atoms with Crippen LogP contribution in [0, 0.1) is 0 Å². The fourth-order valence-corrected chi connectivity index (χ4v) is 2.05. The summed E-state index contributed by atoms with van der Waals surface area (Å²) >= 11 is 0. The third-order valence-corrected chi connectivity index (χ3v) is 2.96. The van der Waals surface area contributed by atoms with Crippen molar-refractivity contribution in [1.29, 1.82) is 0 Å². The van der Waals surface area contributed by atoms with Crippen LogP contribution in [0.5, 0.6) is 5.75 Å². The number of nitrogens with one attached hydrogen (secondary N) is 2. The minimum atomic E-state index is -0.596. The SMILES string of the molecule is CC(C)(C)OC(=O)Nc1ccc(C2CNCCO2)cc1O. The van der Waals surface area contributed by atoms with E-state index in [-0.39, 0.29) is 11.9 Å². The Labute approximate surface area is 124 Å². The van der Waals surface area contributed by atoms with Crippen LogP contribution < -0.4 is 10.6 Å². The molecule has 1 aromatic carbocycles. The lowest BCUT2D eigenvalue weighted by Crippen LogP contribution is -2.33. The Bertz CT molecular complexity index is 505. The van der Waals surface area contributed by atoms with Gasteiger partial charge in [-0.15, -0.1) is 0 Å². The number of phenolic OH excluding ortho intramolecular Hbond substituents is 1. The summed E-state index contributed by atoms with van der Waals surface area (Å²) in [4.78, 5) is 11.7. The van der Waals surface area contributed by atoms with Crippen molar-refractivity contribution >= 4 is 11.8 Å². The van der Waals surface area contributed by atoms with Crippen LogP contribution in [0.3, 0.4) is 0 Å². The molecule has 0 aliphatic carbocycles. The molecule has 1 amide bonds. The number of amides is 1. The molecule has 1 aromatic rings. The zero-order valence-electron chi connectivity index (χ0n) is 12.6. The highest BCUT2D eigenvalue weighted by Gasteiger charge is 2.19. The van der Waals surface area contributed by atoms with E-state index in [1.54, 1.807) is 32.9 Å². The van der Waals surface area contributed by atoms with Gasteiger partial charge in [0.1, 0.15) is 11.4 Å². The number of benzene rings is 1. The molecular formula is C15H22N2O4. The van der Waals surface area contributed by atoms with Crippen LogP contribution in [0.25, 0.3) is 0 Å². The number of anilines is 1. The zero-order valence-corrected chi connectivity index (χ0v) is 12.6. The quantitative estimate of drug-likeness (QED) is 0.730. The molecule has 0 radical (unpaired) electrons. The number of aromatic hydroxyl groups is 1. The smallest absolute Gasteiger partial charge is 0.412 e. The predicted octanol–water partition coefficient (Wildman–Crippen LogP) is 2.40. The number of phenols is 1. The zero-order chi connectivity index (χ0) is 15.5. The lowest BCUT2D eigenvalue weighted by atomic mass is 10.1. The van der Waals surface area contributed by atoms with Crippen LogP contribution in [0.1, 0.15) is 32.4 Å². The van der Waals surface area contributed by atoms with E-state index in [0.29, 0.717) is 18.8 Å². The molecule has 1 atom stereocenters. The van der Waals surface area contributed by atoms with E-state index in [9.17, 15) is 9.90 Å². The maximum Gasteiger partial charge on any atom is 0.412 e. The average molecular weight is 294 g/mol. The van der Waals surface area contributed by atoms with Crippen molar-refractivity contribution in [2.75, 3.05) is 25.0 Å². The van der Waals surface area contributed by atoms with Gasteiger partial charge in [0.15, 0.2) is 0 Å². The van der Waals surface area contributed by atoms with E-state index in [2.05, 4.69) is 10.6 Å². The highest BCUT2D eigenvalue weighted by molar-refractivity contribution is 5.86. The van der Waals surface area contributed by atoms with Gasteiger partial charge in [-0.25, -0.2) is 4.79 Å². The molecule has 21 heavy (non-hydrogen) atoms. The van der Waals surface area contributed by atoms with Crippen LogP contribution in [0.15, 0.2) is 18.2 Å². The van der Waals surface area contributed by atoms with Crippen LogP contribution in [0.4, 0.5) is 10.5 Å². The fraction of sp³-hybridized carbons (Fsp3) is 0.533. The summed E-state index contributed by atoms with van der Waals surface area (Å²) in [6.07, 6.45) is -0.679. The Balaban J connectivity index is 2.03. The van der Waals surface area contributed by atoms with Crippen LogP contribution in [0.2, 0.25) is 0 Å². The molecule has 6 heteroatoms. The number of ether oxygens (including phenoxy) is 2. The Morgan fingerprint density at radius 2 is 2.24 bits per heavy atom. The number of rotatable bonds is 2. The van der Waals surface area contributed by atoms with Crippen molar-refractivity contribution in [2.45, 2.75) is 32.5 Å². The predicted molar refractivity (Wildman–Crippen MR) is 79.5 cm³/mol. The van der Waals surface area contributed by atoms with Gasteiger partial charge in [0.2, 0.25) is 0 Å². The number of hydrogen-bond donors (Lipinski definition) is 3. The molecule has 1 fully saturated rings. The number of morpholine rings is 1. The molecule has 116 valence electrons. The van der Waals surface area contributed by atoms with Crippen molar-refractivity contribution in [3.05, 3.63) is 23.8 Å². The highest BCUT2D eigenvalue weighted by Crippen LogP contribution is 2.29. The van der Waals surface area contributed by atoms with Gasteiger partial charge in [-0.05, 0) is 38.5 Å². The third-order valence-electron chi connectivity index (χ3n) is 2.96. The van der Waals surface area contributed by atoms with E-state index in [1.807, 2.05) is 6.07 Å². The van der Waals surface area contributed by atoms with Crippen molar-refractivity contribution in [2.24, 2.45) is 0 Å². The molecule has 0 saturated carbocycles. The second-order valence-electron chi connectivity index (χ2n) is 5.97. The first kappa shape index (κ1) is 15.6. The third kappa shape index (κ3) is 4.61. The largest absolute Gasteiger partial charge is 0.506 e. The minimum Gasteiger partial charge on any atom is -0.506 e. The molecule has 0 aromatic heterocycles. The molecule has 1 heterocycles. The minimum absolute atomic E-state index is 0.00691. The second kappa shape index (κ2) is 6.32. The molecule has 2 rings (SSSR count). The first-order valence-corrected chi connectivity index (χ1v) is 7.00. The lowest BCUT2D eigenvalue weighted by Gasteiger charge is -2.24. The molecule has 0 spiro atoms. The Morgan fingerprint density at radius 3 is 2.81 bits per heavy atom. The number of hydrogen-bond acceptors (Lipinski definition) is 5. The normalized spacial score (nSPS) is 19.1. The molecule has 6 nitrogen and oxygen atoms in total. The summed E-state index contributed by atoms with van der Waals surface area (Å²) in [7, 11) is 0. The molecule has 3 N–H and O–H groups in total. The standard InChI is InChI=1S/C15H22N2O4/c1-15(2,3)21-14(19)17-11-5-4-10(8-12(11)18)13-9-16-6-7-20-13/h4-5,8,13,16,18H,6-7,9H2,1-3H3,(H,17,19). The molecule has 1 aliphatic heterocycles. The Morgan fingerprint density at radius 1 is 1.48 bits per heavy atom. The summed E-state index contributed by atoms with van der Waals surface area (Å²) < 4.78 is 10.8. The van der Waals surface area contributed by atoms with Crippen LogP contribution in [-0.4, -0.2) is 36.5 Å². The van der Waals surface area contributed by atoms with Gasteiger partial charge in [-0.2, -0.15) is 0 Å². The Hall–Kier alpha value is -1.79. The molecule has 1 unspecified atom stereocenters. The summed E-state index contributed by atoms with van der Waals surface area (Å²) in [6, 6.07) is 5.07. The first-order chi connectivity index (χ1) is 9.85. The van der Waals surface area contributed by atoms with Gasteiger partial charge in [-0.1, -0.05) is 6.07 Å².